The Balaban J connectivity index is 2.29. The van der Waals surface area contributed by atoms with E-state index in [1.54, 1.807) is 24.1 Å². The fourth-order valence-corrected chi connectivity index (χ4v) is 2.54. The topological polar surface area (TPSA) is 76.0 Å². The summed E-state index contributed by atoms with van der Waals surface area (Å²) in [6, 6.07) is 0. The molecular weight excluding hydrogens is 240 g/mol. The van der Waals surface area contributed by atoms with Gasteiger partial charge in [-0.05, 0) is 26.4 Å². The highest BCUT2D eigenvalue weighted by atomic mass is 32.2. The second kappa shape index (κ2) is 6.73. The fourth-order valence-electron chi connectivity index (χ4n) is 1.42. The minimum Gasteiger partial charge on any atom is -0.320 e. The molecule has 0 aromatic carbocycles. The number of aryl methyl sites for hydroxylation is 1. The van der Waals surface area contributed by atoms with Crippen LogP contribution in [0.3, 0.4) is 0 Å². The number of nitrogens with zero attached hydrogens (tertiary/aromatic N) is 2. The van der Waals surface area contributed by atoms with E-state index in [0.717, 1.165) is 18.5 Å². The van der Waals surface area contributed by atoms with Gasteiger partial charge in [0.25, 0.3) is 0 Å². The Morgan fingerprint density at radius 2 is 2.18 bits per heavy atom. The Morgan fingerprint density at radius 3 is 2.76 bits per heavy atom. The highest BCUT2D eigenvalue weighted by Crippen LogP contribution is 1.99. The van der Waals surface area contributed by atoms with Crippen molar-refractivity contribution in [1.29, 1.82) is 0 Å². The molecule has 0 saturated heterocycles. The Labute approximate surface area is 102 Å². The zero-order valence-electron chi connectivity index (χ0n) is 10.3. The molecule has 98 valence electrons. The van der Waals surface area contributed by atoms with Crippen molar-refractivity contribution in [3.05, 3.63) is 18.0 Å². The quantitative estimate of drug-likeness (QED) is 0.637. The van der Waals surface area contributed by atoms with Gasteiger partial charge in [-0.15, -0.1) is 0 Å². The highest BCUT2D eigenvalue weighted by molar-refractivity contribution is 7.89. The van der Waals surface area contributed by atoms with Gasteiger partial charge in [-0.1, -0.05) is 0 Å². The lowest BCUT2D eigenvalue weighted by Gasteiger charge is -2.05. The molecule has 1 aromatic rings. The zero-order valence-corrected chi connectivity index (χ0v) is 11.1. The molecule has 0 unspecified atom stereocenters. The fraction of sp³-hybridized carbons (Fsp3) is 0.700. The standard InChI is InChI=1S/C10H20N4O2S/c1-11-5-3-4-6-17(15,16)13-8-10-7-12-14(2)9-10/h7,9,11,13H,3-6,8H2,1-2H3. The van der Waals surface area contributed by atoms with Gasteiger partial charge in [0, 0.05) is 25.4 Å². The monoisotopic (exact) mass is 260 g/mol. The molecular formula is C10H20N4O2S. The highest BCUT2D eigenvalue weighted by Gasteiger charge is 2.09. The van der Waals surface area contributed by atoms with Crippen molar-refractivity contribution in [2.75, 3.05) is 19.3 Å². The third-order valence-electron chi connectivity index (χ3n) is 2.34. The summed E-state index contributed by atoms with van der Waals surface area (Å²) in [6.07, 6.45) is 4.99. The van der Waals surface area contributed by atoms with Crippen LogP contribution in [-0.2, 0) is 23.6 Å². The number of rotatable bonds is 8. The van der Waals surface area contributed by atoms with Gasteiger partial charge in [0.1, 0.15) is 0 Å². The van der Waals surface area contributed by atoms with E-state index >= 15 is 0 Å². The molecule has 1 rings (SSSR count). The molecule has 2 N–H and O–H groups in total. The second-order valence-corrected chi connectivity index (χ2v) is 5.90. The molecule has 17 heavy (non-hydrogen) atoms. The molecule has 0 aliphatic heterocycles. The molecule has 7 heteroatoms. The molecule has 0 radical (unpaired) electrons. The average Bonchev–Trinajstić information content (AvgIpc) is 2.68. The van der Waals surface area contributed by atoms with E-state index in [1.165, 1.54) is 0 Å². The third kappa shape index (κ3) is 5.81. The van der Waals surface area contributed by atoms with Crippen molar-refractivity contribution in [1.82, 2.24) is 19.8 Å². The van der Waals surface area contributed by atoms with Crippen LogP contribution in [0.4, 0.5) is 0 Å². The van der Waals surface area contributed by atoms with Crippen molar-refractivity contribution >= 4 is 10.0 Å². The van der Waals surface area contributed by atoms with E-state index in [9.17, 15) is 8.42 Å². The van der Waals surface area contributed by atoms with Gasteiger partial charge >= 0.3 is 0 Å². The Morgan fingerprint density at radius 1 is 1.41 bits per heavy atom. The van der Waals surface area contributed by atoms with Crippen LogP contribution in [-0.4, -0.2) is 37.5 Å². The molecule has 0 aliphatic carbocycles. The van der Waals surface area contributed by atoms with Gasteiger partial charge < -0.3 is 5.32 Å². The van der Waals surface area contributed by atoms with Crippen LogP contribution < -0.4 is 10.0 Å². The van der Waals surface area contributed by atoms with Crippen LogP contribution >= 0.6 is 0 Å². The molecule has 0 saturated carbocycles. The largest absolute Gasteiger partial charge is 0.320 e. The van der Waals surface area contributed by atoms with Crippen LogP contribution in [0, 0.1) is 0 Å². The predicted octanol–water partition coefficient (Wildman–Crippen LogP) is -0.161. The first-order valence-corrected chi connectivity index (χ1v) is 7.28. The number of hydrogen-bond acceptors (Lipinski definition) is 4. The van der Waals surface area contributed by atoms with Gasteiger partial charge in [0.05, 0.1) is 11.9 Å². The summed E-state index contributed by atoms with van der Waals surface area (Å²) in [5, 5.41) is 6.97. The first-order valence-electron chi connectivity index (χ1n) is 5.63. The maximum absolute atomic E-state index is 11.6. The average molecular weight is 260 g/mol. The molecule has 0 aliphatic rings. The summed E-state index contributed by atoms with van der Waals surface area (Å²) in [7, 11) is 0.492. The molecule has 1 aromatic heterocycles. The maximum atomic E-state index is 11.6. The molecule has 0 fully saturated rings. The van der Waals surface area contributed by atoms with Gasteiger partial charge in [-0.25, -0.2) is 13.1 Å². The number of sulfonamides is 1. The summed E-state index contributed by atoms with van der Waals surface area (Å²) in [4.78, 5) is 0. The van der Waals surface area contributed by atoms with E-state index in [1.807, 2.05) is 7.05 Å². The number of unbranched alkanes of at least 4 members (excludes halogenated alkanes) is 1. The molecule has 0 bridgehead atoms. The van der Waals surface area contributed by atoms with Crippen LogP contribution in [0.1, 0.15) is 18.4 Å². The summed E-state index contributed by atoms with van der Waals surface area (Å²) < 4.78 is 27.4. The Kier molecular flexibility index (Phi) is 5.60. The minimum atomic E-state index is -3.17. The van der Waals surface area contributed by atoms with E-state index in [4.69, 9.17) is 0 Å². The van der Waals surface area contributed by atoms with Crippen LogP contribution in [0.5, 0.6) is 0 Å². The lowest BCUT2D eigenvalue weighted by Crippen LogP contribution is -2.26. The Bertz CT molecular complexity index is 427. The van der Waals surface area contributed by atoms with Gasteiger partial charge in [0.2, 0.25) is 10.0 Å². The molecule has 0 amide bonds. The first kappa shape index (κ1) is 14.1. The van der Waals surface area contributed by atoms with E-state index in [-0.39, 0.29) is 5.75 Å². The molecule has 0 spiro atoms. The first-order chi connectivity index (χ1) is 8.03. The third-order valence-corrected chi connectivity index (χ3v) is 3.75. The Hall–Kier alpha value is -0.920. The molecule has 0 atom stereocenters. The molecule has 1 heterocycles. The van der Waals surface area contributed by atoms with Crippen LogP contribution in [0.2, 0.25) is 0 Å². The van der Waals surface area contributed by atoms with Crippen LogP contribution in [0.25, 0.3) is 0 Å². The number of nitrogens with one attached hydrogen (secondary N) is 2. The SMILES string of the molecule is CNCCCCS(=O)(=O)NCc1cnn(C)c1. The van der Waals surface area contributed by atoms with Crippen molar-refractivity contribution in [2.45, 2.75) is 19.4 Å². The summed E-state index contributed by atoms with van der Waals surface area (Å²) >= 11 is 0. The second-order valence-electron chi connectivity index (χ2n) is 3.97. The summed E-state index contributed by atoms with van der Waals surface area (Å²) in [5.74, 6) is 0.176. The van der Waals surface area contributed by atoms with Crippen molar-refractivity contribution in [3.8, 4) is 0 Å². The van der Waals surface area contributed by atoms with Crippen molar-refractivity contribution in [3.63, 3.8) is 0 Å². The van der Waals surface area contributed by atoms with Gasteiger partial charge in [0.15, 0.2) is 0 Å². The normalized spacial score (nSPS) is 11.9. The zero-order chi connectivity index (χ0) is 12.7. The van der Waals surface area contributed by atoms with E-state index in [2.05, 4.69) is 15.1 Å². The van der Waals surface area contributed by atoms with Gasteiger partial charge in [-0.3, -0.25) is 4.68 Å². The van der Waals surface area contributed by atoms with Crippen molar-refractivity contribution < 1.29 is 8.42 Å². The smallest absolute Gasteiger partial charge is 0.211 e. The van der Waals surface area contributed by atoms with E-state index in [0.29, 0.717) is 13.0 Å². The predicted molar refractivity (Wildman–Crippen MR) is 67.0 cm³/mol. The summed E-state index contributed by atoms with van der Waals surface area (Å²) in [5.41, 5.74) is 0.867. The van der Waals surface area contributed by atoms with Crippen LogP contribution in [0.15, 0.2) is 12.4 Å². The lowest BCUT2D eigenvalue weighted by molar-refractivity contribution is 0.575. The maximum Gasteiger partial charge on any atom is 0.211 e. The number of hydrogen-bond donors (Lipinski definition) is 2. The van der Waals surface area contributed by atoms with Crippen molar-refractivity contribution in [2.24, 2.45) is 7.05 Å². The van der Waals surface area contributed by atoms with E-state index < -0.39 is 10.0 Å². The summed E-state index contributed by atoms with van der Waals surface area (Å²) in [6.45, 7) is 1.15. The molecule has 6 nitrogen and oxygen atoms in total. The van der Waals surface area contributed by atoms with Gasteiger partial charge in [-0.2, -0.15) is 5.10 Å². The number of aromatic nitrogens is 2. The minimum absolute atomic E-state index is 0.176. The lowest BCUT2D eigenvalue weighted by atomic mass is 10.3.